The number of fused-ring (bicyclic) bond motifs is 1. The Morgan fingerprint density at radius 1 is 1.15 bits per heavy atom. The van der Waals surface area contributed by atoms with Crippen molar-refractivity contribution < 1.29 is 13.2 Å². The molecule has 1 N–H and O–H groups in total. The number of piperidine rings is 1. The summed E-state index contributed by atoms with van der Waals surface area (Å²) in [4.78, 5) is 11.9. The molecule has 26 heavy (non-hydrogen) atoms. The molecular weight excluding hydrogens is 372 g/mol. The Hall–Kier alpha value is -1.58. The van der Waals surface area contributed by atoms with Crippen LogP contribution in [-0.2, 0) is 14.8 Å². The van der Waals surface area contributed by atoms with Crippen LogP contribution in [0.15, 0.2) is 17.0 Å². The second kappa shape index (κ2) is 6.54. The lowest BCUT2D eigenvalue weighted by atomic mass is 9.73. The van der Waals surface area contributed by atoms with Gasteiger partial charge in [0.05, 0.1) is 11.7 Å². The number of hydrogen-bond donors (Lipinski definition) is 1. The van der Waals surface area contributed by atoms with Crippen molar-refractivity contribution in [3.8, 4) is 0 Å². The van der Waals surface area contributed by atoms with Crippen molar-refractivity contribution in [1.29, 1.82) is 0 Å². The number of carbonyl (C=O) groups excluding carboxylic acids is 1. The molecule has 4 rings (SSSR count). The van der Waals surface area contributed by atoms with Gasteiger partial charge in [0.25, 0.3) is 0 Å². The van der Waals surface area contributed by atoms with E-state index in [-0.39, 0.29) is 16.2 Å². The fourth-order valence-electron chi connectivity index (χ4n) is 4.14. The summed E-state index contributed by atoms with van der Waals surface area (Å²) in [5.41, 5.74) is 1.88. The third kappa shape index (κ3) is 3.01. The van der Waals surface area contributed by atoms with Crippen LogP contribution in [0.3, 0.4) is 0 Å². The minimum absolute atomic E-state index is 0.0778. The summed E-state index contributed by atoms with van der Waals surface area (Å²) < 4.78 is 36.6. The smallest absolute Gasteiger partial charge is 0.245 e. The van der Waals surface area contributed by atoms with E-state index in [2.05, 4.69) is 14.1 Å². The number of nitrogens with zero attached hydrogens (tertiary/aromatic N) is 3. The summed E-state index contributed by atoms with van der Waals surface area (Å²) >= 11 is 1.04. The largest absolute Gasteiger partial charge is 0.356 e. The van der Waals surface area contributed by atoms with Crippen LogP contribution in [0.25, 0.3) is 11.0 Å². The Balaban J connectivity index is 1.59. The Labute approximate surface area is 157 Å². The number of carbonyl (C=O) groups is 1. The molecule has 2 saturated heterocycles. The molecule has 3 heterocycles. The van der Waals surface area contributed by atoms with Crippen LogP contribution in [0.1, 0.15) is 37.7 Å². The van der Waals surface area contributed by atoms with E-state index in [9.17, 15) is 13.2 Å². The average molecular weight is 395 g/mol. The van der Waals surface area contributed by atoms with Gasteiger partial charge in [-0.25, -0.2) is 8.42 Å². The first-order valence-electron chi connectivity index (χ1n) is 8.90. The third-order valence-corrected chi connectivity index (χ3v) is 8.44. The van der Waals surface area contributed by atoms with E-state index in [1.807, 2.05) is 6.07 Å². The van der Waals surface area contributed by atoms with Crippen molar-refractivity contribution in [3.63, 3.8) is 0 Å². The van der Waals surface area contributed by atoms with Gasteiger partial charge in [0, 0.05) is 26.1 Å². The number of aromatic nitrogens is 2. The predicted octanol–water partition coefficient (Wildman–Crippen LogP) is 2.07. The molecule has 2 aliphatic rings. The van der Waals surface area contributed by atoms with E-state index in [0.29, 0.717) is 42.7 Å². The molecule has 0 saturated carbocycles. The minimum atomic E-state index is -3.61. The van der Waals surface area contributed by atoms with Gasteiger partial charge in [-0.1, -0.05) is 6.07 Å². The number of benzene rings is 1. The van der Waals surface area contributed by atoms with Crippen molar-refractivity contribution in [2.45, 2.75) is 43.9 Å². The molecule has 9 heteroatoms. The average Bonchev–Trinajstić information content (AvgIpc) is 3.01. The molecule has 2 fully saturated rings. The zero-order valence-electron chi connectivity index (χ0n) is 14.7. The molecular formula is C17H22N4O3S2. The standard InChI is InChI=1S/C17H22N4O3S2/c1-12-2-3-13-15(20-25-19-13)16(12)26(23,24)21-10-7-17(8-11-21)5-4-14(22)18-9-6-17/h2-3H,4-11H2,1H3,(H,18,22). The highest BCUT2D eigenvalue weighted by Gasteiger charge is 2.40. The van der Waals surface area contributed by atoms with Crippen LogP contribution in [-0.4, -0.2) is 47.0 Å². The molecule has 1 amide bonds. The molecule has 0 bridgehead atoms. The van der Waals surface area contributed by atoms with Crippen molar-refractivity contribution in [1.82, 2.24) is 18.4 Å². The van der Waals surface area contributed by atoms with Crippen LogP contribution >= 0.6 is 11.7 Å². The summed E-state index contributed by atoms with van der Waals surface area (Å²) in [6, 6.07) is 3.61. The first-order chi connectivity index (χ1) is 12.4. The lowest BCUT2D eigenvalue weighted by Gasteiger charge is -2.40. The molecule has 1 spiro atoms. The fourth-order valence-corrected chi connectivity index (χ4v) is 6.53. The van der Waals surface area contributed by atoms with Crippen LogP contribution in [0.2, 0.25) is 0 Å². The molecule has 0 radical (unpaired) electrons. The van der Waals surface area contributed by atoms with Crippen LogP contribution < -0.4 is 5.32 Å². The number of hydrogen-bond acceptors (Lipinski definition) is 6. The van der Waals surface area contributed by atoms with E-state index in [4.69, 9.17) is 0 Å². The Bertz CT molecular complexity index is 946. The van der Waals surface area contributed by atoms with Crippen molar-refractivity contribution in [2.24, 2.45) is 5.41 Å². The number of amides is 1. The second-order valence-corrected chi connectivity index (χ2v) is 9.75. The second-order valence-electron chi connectivity index (χ2n) is 7.35. The summed E-state index contributed by atoms with van der Waals surface area (Å²) in [6.07, 6.45) is 3.90. The monoisotopic (exact) mass is 394 g/mol. The van der Waals surface area contributed by atoms with Gasteiger partial charge in [0.2, 0.25) is 15.9 Å². The molecule has 7 nitrogen and oxygen atoms in total. The van der Waals surface area contributed by atoms with E-state index in [1.165, 1.54) is 0 Å². The summed E-state index contributed by atoms with van der Waals surface area (Å²) in [6.45, 7) is 3.47. The van der Waals surface area contributed by atoms with Gasteiger partial charge in [0.1, 0.15) is 15.9 Å². The minimum Gasteiger partial charge on any atom is -0.356 e. The van der Waals surface area contributed by atoms with Crippen LogP contribution in [0, 0.1) is 12.3 Å². The van der Waals surface area contributed by atoms with Gasteiger partial charge in [-0.15, -0.1) is 0 Å². The first-order valence-corrected chi connectivity index (χ1v) is 11.1. The van der Waals surface area contributed by atoms with E-state index < -0.39 is 10.0 Å². The lowest BCUT2D eigenvalue weighted by molar-refractivity contribution is -0.120. The van der Waals surface area contributed by atoms with E-state index >= 15 is 0 Å². The molecule has 0 atom stereocenters. The van der Waals surface area contributed by atoms with Crippen molar-refractivity contribution in [2.75, 3.05) is 19.6 Å². The number of sulfonamides is 1. The summed E-state index contributed by atoms with van der Waals surface area (Å²) in [7, 11) is -3.61. The van der Waals surface area contributed by atoms with Gasteiger partial charge < -0.3 is 5.32 Å². The zero-order chi connectivity index (χ0) is 18.4. The van der Waals surface area contributed by atoms with Crippen LogP contribution in [0.5, 0.6) is 0 Å². The molecule has 1 aromatic heterocycles. The molecule has 1 aromatic carbocycles. The van der Waals surface area contributed by atoms with Crippen molar-refractivity contribution >= 4 is 38.7 Å². The maximum atomic E-state index is 13.3. The Kier molecular flexibility index (Phi) is 4.48. The highest BCUT2D eigenvalue weighted by molar-refractivity contribution is 7.89. The number of nitrogens with one attached hydrogen (secondary N) is 1. The first kappa shape index (κ1) is 17.8. The molecule has 0 aliphatic carbocycles. The normalized spacial score (nSPS) is 21.7. The highest BCUT2D eigenvalue weighted by atomic mass is 32.2. The Morgan fingerprint density at radius 3 is 2.69 bits per heavy atom. The maximum absolute atomic E-state index is 13.3. The predicted molar refractivity (Wildman–Crippen MR) is 99.4 cm³/mol. The number of aryl methyl sites for hydroxylation is 1. The maximum Gasteiger partial charge on any atom is 0.245 e. The SMILES string of the molecule is Cc1ccc2nsnc2c1S(=O)(=O)N1CCC2(CCNC(=O)CC2)CC1. The number of rotatable bonds is 2. The van der Waals surface area contributed by atoms with Gasteiger partial charge in [-0.2, -0.15) is 13.1 Å². The highest BCUT2D eigenvalue weighted by Crippen LogP contribution is 2.42. The van der Waals surface area contributed by atoms with Crippen molar-refractivity contribution in [3.05, 3.63) is 17.7 Å². The molecule has 140 valence electrons. The topological polar surface area (TPSA) is 92.3 Å². The molecule has 2 aliphatic heterocycles. The van der Waals surface area contributed by atoms with E-state index in [0.717, 1.165) is 37.4 Å². The van der Waals surface area contributed by atoms with Crippen LogP contribution in [0.4, 0.5) is 0 Å². The third-order valence-electron chi connectivity index (χ3n) is 5.82. The van der Waals surface area contributed by atoms with Gasteiger partial charge in [-0.3, -0.25) is 4.79 Å². The van der Waals surface area contributed by atoms with E-state index in [1.54, 1.807) is 17.3 Å². The summed E-state index contributed by atoms with van der Waals surface area (Å²) in [5.74, 6) is 0.107. The zero-order valence-corrected chi connectivity index (χ0v) is 16.3. The Morgan fingerprint density at radius 2 is 1.92 bits per heavy atom. The molecule has 2 aromatic rings. The summed E-state index contributed by atoms with van der Waals surface area (Å²) in [5, 5.41) is 2.92. The van der Waals surface area contributed by atoms with Gasteiger partial charge in [0.15, 0.2) is 0 Å². The van der Waals surface area contributed by atoms with Gasteiger partial charge >= 0.3 is 0 Å². The molecule has 0 unspecified atom stereocenters. The lowest BCUT2D eigenvalue weighted by Crippen LogP contribution is -2.43. The van der Waals surface area contributed by atoms with Gasteiger partial charge in [-0.05, 0) is 49.7 Å². The quantitative estimate of drug-likeness (QED) is 0.842. The fraction of sp³-hybridized carbons (Fsp3) is 0.588.